The van der Waals surface area contributed by atoms with Crippen LogP contribution in [-0.4, -0.2) is 11.2 Å². The van der Waals surface area contributed by atoms with Crippen molar-refractivity contribution in [3.8, 4) is 0 Å². The molecule has 0 saturated carbocycles. The smallest absolute Gasteiger partial charge is 0.255 e. The highest BCUT2D eigenvalue weighted by molar-refractivity contribution is 9.09. The number of rotatable bonds is 5. The van der Waals surface area contributed by atoms with Crippen molar-refractivity contribution >= 4 is 27.5 Å². The summed E-state index contributed by atoms with van der Waals surface area (Å²) in [5.41, 5.74) is 2.76. The molecule has 0 atom stereocenters. The molecule has 0 saturated heterocycles. The van der Waals surface area contributed by atoms with Crippen molar-refractivity contribution in [2.75, 3.05) is 10.6 Å². The van der Waals surface area contributed by atoms with Crippen molar-refractivity contribution in [3.05, 3.63) is 65.7 Å². The second kappa shape index (κ2) is 7.10. The molecule has 0 aliphatic heterocycles. The maximum atomic E-state index is 12.0. The number of anilines is 1. The number of alkyl halides is 1. The SMILES string of the molecule is O=C(Nc1ccccc1)c1ccc(CCCBr)cc1. The van der Waals surface area contributed by atoms with E-state index in [2.05, 4.69) is 21.2 Å². The molecule has 1 N–H and O–H groups in total. The van der Waals surface area contributed by atoms with Crippen molar-refractivity contribution in [1.29, 1.82) is 0 Å². The van der Waals surface area contributed by atoms with E-state index in [0.29, 0.717) is 5.56 Å². The van der Waals surface area contributed by atoms with E-state index in [4.69, 9.17) is 0 Å². The highest BCUT2D eigenvalue weighted by Crippen LogP contribution is 2.11. The number of carbonyl (C=O) groups is 1. The zero-order valence-corrected chi connectivity index (χ0v) is 12.2. The zero-order valence-electron chi connectivity index (χ0n) is 10.6. The molecule has 0 heterocycles. The normalized spacial score (nSPS) is 10.2. The monoisotopic (exact) mass is 317 g/mol. The number of aryl methyl sites for hydroxylation is 1. The van der Waals surface area contributed by atoms with Gasteiger partial charge in [-0.3, -0.25) is 4.79 Å². The average molecular weight is 318 g/mol. The third-order valence-corrected chi connectivity index (χ3v) is 3.41. The van der Waals surface area contributed by atoms with E-state index in [1.807, 2.05) is 54.6 Å². The number of benzene rings is 2. The summed E-state index contributed by atoms with van der Waals surface area (Å²) in [6, 6.07) is 17.3. The maximum Gasteiger partial charge on any atom is 0.255 e. The Morgan fingerprint density at radius 1 is 1.00 bits per heavy atom. The molecule has 0 spiro atoms. The molecule has 98 valence electrons. The topological polar surface area (TPSA) is 29.1 Å². The summed E-state index contributed by atoms with van der Waals surface area (Å²) in [5.74, 6) is -0.0711. The summed E-state index contributed by atoms with van der Waals surface area (Å²) in [6.07, 6.45) is 2.14. The number of hydrogen-bond acceptors (Lipinski definition) is 1. The summed E-state index contributed by atoms with van der Waals surface area (Å²) >= 11 is 3.42. The summed E-state index contributed by atoms with van der Waals surface area (Å²) in [6.45, 7) is 0. The lowest BCUT2D eigenvalue weighted by Gasteiger charge is -2.06. The molecule has 0 unspecified atom stereocenters. The molecule has 2 nitrogen and oxygen atoms in total. The number of nitrogens with one attached hydrogen (secondary N) is 1. The summed E-state index contributed by atoms with van der Waals surface area (Å²) < 4.78 is 0. The molecule has 0 radical (unpaired) electrons. The summed E-state index contributed by atoms with van der Waals surface area (Å²) in [4.78, 5) is 12.0. The van der Waals surface area contributed by atoms with E-state index in [-0.39, 0.29) is 5.91 Å². The Bertz CT molecular complexity index is 522. The molecular weight excluding hydrogens is 302 g/mol. The van der Waals surface area contributed by atoms with Gasteiger partial charge in [-0.05, 0) is 42.7 Å². The van der Waals surface area contributed by atoms with Crippen LogP contribution in [0.4, 0.5) is 5.69 Å². The molecular formula is C16H16BrNO. The van der Waals surface area contributed by atoms with Crippen LogP contribution in [0.25, 0.3) is 0 Å². The van der Waals surface area contributed by atoms with Crippen LogP contribution in [0.5, 0.6) is 0 Å². The van der Waals surface area contributed by atoms with E-state index >= 15 is 0 Å². The second-order valence-corrected chi connectivity index (χ2v) is 5.10. The highest BCUT2D eigenvalue weighted by atomic mass is 79.9. The van der Waals surface area contributed by atoms with Crippen LogP contribution in [0.1, 0.15) is 22.3 Å². The lowest BCUT2D eigenvalue weighted by Crippen LogP contribution is -2.11. The number of amides is 1. The third kappa shape index (κ3) is 4.21. The minimum absolute atomic E-state index is 0.0711. The molecule has 0 fully saturated rings. The first-order valence-electron chi connectivity index (χ1n) is 6.31. The fourth-order valence-corrected chi connectivity index (χ4v) is 2.10. The van der Waals surface area contributed by atoms with E-state index in [1.165, 1.54) is 5.56 Å². The zero-order chi connectivity index (χ0) is 13.5. The molecule has 0 aliphatic carbocycles. The van der Waals surface area contributed by atoms with Gasteiger partial charge in [0.15, 0.2) is 0 Å². The minimum atomic E-state index is -0.0711. The van der Waals surface area contributed by atoms with Crippen LogP contribution in [0.2, 0.25) is 0 Å². The minimum Gasteiger partial charge on any atom is -0.322 e. The quantitative estimate of drug-likeness (QED) is 0.820. The van der Waals surface area contributed by atoms with Crippen molar-refractivity contribution in [1.82, 2.24) is 0 Å². The van der Waals surface area contributed by atoms with Gasteiger partial charge in [0, 0.05) is 16.6 Å². The first-order valence-corrected chi connectivity index (χ1v) is 7.43. The molecule has 0 bridgehead atoms. The van der Waals surface area contributed by atoms with Crippen LogP contribution < -0.4 is 5.32 Å². The Kier molecular flexibility index (Phi) is 5.16. The van der Waals surface area contributed by atoms with Gasteiger partial charge in [-0.25, -0.2) is 0 Å². The second-order valence-electron chi connectivity index (χ2n) is 4.31. The number of hydrogen-bond donors (Lipinski definition) is 1. The largest absolute Gasteiger partial charge is 0.322 e. The third-order valence-electron chi connectivity index (χ3n) is 2.85. The van der Waals surface area contributed by atoms with Crippen molar-refractivity contribution in [3.63, 3.8) is 0 Å². The Balaban J connectivity index is 1.99. The molecule has 1 amide bonds. The van der Waals surface area contributed by atoms with Gasteiger partial charge in [0.25, 0.3) is 5.91 Å². The molecule has 0 aromatic heterocycles. The summed E-state index contributed by atoms with van der Waals surface area (Å²) in [5, 5.41) is 3.88. The van der Waals surface area contributed by atoms with Crippen LogP contribution in [0, 0.1) is 0 Å². The van der Waals surface area contributed by atoms with Gasteiger partial charge in [-0.2, -0.15) is 0 Å². The lowest BCUT2D eigenvalue weighted by atomic mass is 10.1. The molecule has 2 rings (SSSR count). The Morgan fingerprint density at radius 3 is 2.32 bits per heavy atom. The maximum absolute atomic E-state index is 12.0. The van der Waals surface area contributed by atoms with E-state index in [9.17, 15) is 4.79 Å². The van der Waals surface area contributed by atoms with Crippen molar-refractivity contribution < 1.29 is 4.79 Å². The van der Waals surface area contributed by atoms with Crippen LogP contribution in [0.15, 0.2) is 54.6 Å². The number of para-hydroxylation sites is 1. The first-order chi connectivity index (χ1) is 9.29. The molecule has 19 heavy (non-hydrogen) atoms. The van der Waals surface area contributed by atoms with E-state index < -0.39 is 0 Å². The van der Waals surface area contributed by atoms with Crippen LogP contribution in [0.3, 0.4) is 0 Å². The molecule has 2 aromatic rings. The van der Waals surface area contributed by atoms with Crippen molar-refractivity contribution in [2.45, 2.75) is 12.8 Å². The van der Waals surface area contributed by atoms with Crippen LogP contribution in [-0.2, 0) is 6.42 Å². The van der Waals surface area contributed by atoms with Gasteiger partial charge in [0.2, 0.25) is 0 Å². The molecule has 0 aliphatic rings. The predicted octanol–water partition coefficient (Wildman–Crippen LogP) is 4.27. The van der Waals surface area contributed by atoms with Gasteiger partial charge in [-0.1, -0.05) is 46.3 Å². The number of halogens is 1. The van der Waals surface area contributed by atoms with Gasteiger partial charge in [0.05, 0.1) is 0 Å². The fraction of sp³-hybridized carbons (Fsp3) is 0.188. The standard InChI is InChI=1S/C16H16BrNO/c17-12-4-5-13-8-10-14(11-9-13)16(19)18-15-6-2-1-3-7-15/h1-3,6-11H,4-5,12H2,(H,18,19). The van der Waals surface area contributed by atoms with Gasteiger partial charge in [0.1, 0.15) is 0 Å². The highest BCUT2D eigenvalue weighted by Gasteiger charge is 2.05. The van der Waals surface area contributed by atoms with Gasteiger partial charge < -0.3 is 5.32 Å². The van der Waals surface area contributed by atoms with Gasteiger partial charge in [-0.15, -0.1) is 0 Å². The van der Waals surface area contributed by atoms with E-state index in [1.54, 1.807) is 0 Å². The van der Waals surface area contributed by atoms with E-state index in [0.717, 1.165) is 23.9 Å². The Hall–Kier alpha value is -1.61. The van der Waals surface area contributed by atoms with Crippen molar-refractivity contribution in [2.24, 2.45) is 0 Å². The molecule has 3 heteroatoms. The lowest BCUT2D eigenvalue weighted by molar-refractivity contribution is 0.102. The average Bonchev–Trinajstić information content (AvgIpc) is 2.46. The van der Waals surface area contributed by atoms with Gasteiger partial charge >= 0.3 is 0 Å². The van der Waals surface area contributed by atoms with Crippen LogP contribution >= 0.6 is 15.9 Å². The molecule has 2 aromatic carbocycles. The Morgan fingerprint density at radius 2 is 1.68 bits per heavy atom. The predicted molar refractivity (Wildman–Crippen MR) is 83.0 cm³/mol. The first kappa shape index (κ1) is 13.8. The summed E-state index contributed by atoms with van der Waals surface area (Å²) in [7, 11) is 0. The number of carbonyl (C=O) groups excluding carboxylic acids is 1. The fourth-order valence-electron chi connectivity index (χ4n) is 1.82. The Labute approximate surface area is 122 Å².